The molecule has 1 heterocycles. The van der Waals surface area contributed by atoms with Gasteiger partial charge in [-0.05, 0) is 36.2 Å². The Balaban J connectivity index is 2.02. The molecule has 1 aromatic carbocycles. The first kappa shape index (κ1) is 14.8. The molecule has 0 saturated carbocycles. The monoisotopic (exact) mass is 286 g/mol. The minimum Gasteiger partial charge on any atom is -0.478 e. The van der Waals surface area contributed by atoms with Crippen LogP contribution in [0.15, 0.2) is 42.6 Å². The summed E-state index contributed by atoms with van der Waals surface area (Å²) in [6.07, 6.45) is 2.83. The Kier molecular flexibility index (Phi) is 4.77. The van der Waals surface area contributed by atoms with Crippen LogP contribution in [0.25, 0.3) is 0 Å². The van der Waals surface area contributed by atoms with Crippen molar-refractivity contribution >= 4 is 11.9 Å². The van der Waals surface area contributed by atoms with Crippen molar-refractivity contribution in [3.05, 3.63) is 59.4 Å². The molecule has 0 aliphatic heterocycles. The third kappa shape index (κ3) is 3.72. The van der Waals surface area contributed by atoms with Crippen molar-refractivity contribution in [1.82, 2.24) is 9.88 Å². The van der Waals surface area contributed by atoms with E-state index in [0.717, 1.165) is 18.5 Å². The van der Waals surface area contributed by atoms with Crippen molar-refractivity contribution in [2.24, 2.45) is 0 Å². The number of hydrogen-bond acceptors (Lipinski definition) is 2. The Bertz CT molecular complexity index is 646. The SMILES string of the molecule is CCCn1cccc1C(=O)NCc1cccc(C(=O)O)c1. The number of carbonyl (C=O) groups is 2. The summed E-state index contributed by atoms with van der Waals surface area (Å²) in [7, 11) is 0. The van der Waals surface area contributed by atoms with E-state index in [1.165, 1.54) is 6.07 Å². The number of aromatic carboxylic acids is 1. The molecule has 0 radical (unpaired) electrons. The fourth-order valence-electron chi connectivity index (χ4n) is 2.14. The molecule has 0 spiro atoms. The lowest BCUT2D eigenvalue weighted by Crippen LogP contribution is -2.25. The van der Waals surface area contributed by atoms with E-state index in [0.29, 0.717) is 12.2 Å². The molecule has 110 valence electrons. The van der Waals surface area contributed by atoms with E-state index in [-0.39, 0.29) is 11.5 Å². The van der Waals surface area contributed by atoms with E-state index >= 15 is 0 Å². The van der Waals surface area contributed by atoms with E-state index in [2.05, 4.69) is 12.2 Å². The van der Waals surface area contributed by atoms with Crippen LogP contribution in [-0.4, -0.2) is 21.6 Å². The van der Waals surface area contributed by atoms with Crippen molar-refractivity contribution in [2.45, 2.75) is 26.4 Å². The van der Waals surface area contributed by atoms with Crippen LogP contribution in [-0.2, 0) is 13.1 Å². The topological polar surface area (TPSA) is 71.3 Å². The summed E-state index contributed by atoms with van der Waals surface area (Å²) in [4.78, 5) is 23.0. The summed E-state index contributed by atoms with van der Waals surface area (Å²) < 4.78 is 1.91. The van der Waals surface area contributed by atoms with E-state index in [4.69, 9.17) is 5.11 Å². The van der Waals surface area contributed by atoms with Gasteiger partial charge < -0.3 is 15.0 Å². The highest BCUT2D eigenvalue weighted by Crippen LogP contribution is 2.07. The molecule has 5 heteroatoms. The maximum atomic E-state index is 12.1. The summed E-state index contributed by atoms with van der Waals surface area (Å²) >= 11 is 0. The molecule has 0 saturated heterocycles. The highest BCUT2D eigenvalue weighted by atomic mass is 16.4. The Labute approximate surface area is 123 Å². The van der Waals surface area contributed by atoms with Gasteiger partial charge in [-0.25, -0.2) is 4.79 Å². The van der Waals surface area contributed by atoms with Gasteiger partial charge in [0.2, 0.25) is 0 Å². The van der Waals surface area contributed by atoms with Crippen LogP contribution >= 0.6 is 0 Å². The number of nitrogens with zero attached hydrogens (tertiary/aromatic N) is 1. The van der Waals surface area contributed by atoms with Crippen molar-refractivity contribution in [1.29, 1.82) is 0 Å². The average Bonchev–Trinajstić information content (AvgIpc) is 2.94. The zero-order valence-corrected chi connectivity index (χ0v) is 11.9. The van der Waals surface area contributed by atoms with E-state index in [9.17, 15) is 9.59 Å². The number of nitrogens with one attached hydrogen (secondary N) is 1. The standard InChI is InChI=1S/C16H18N2O3/c1-2-8-18-9-4-7-14(18)15(19)17-11-12-5-3-6-13(10-12)16(20)21/h3-7,9-10H,2,8,11H2,1H3,(H,17,19)(H,20,21). The molecule has 5 nitrogen and oxygen atoms in total. The molecule has 0 atom stereocenters. The number of benzene rings is 1. The number of carbonyl (C=O) groups excluding carboxylic acids is 1. The maximum absolute atomic E-state index is 12.1. The molecule has 0 aliphatic carbocycles. The molecule has 2 N–H and O–H groups in total. The van der Waals surface area contributed by atoms with Crippen LogP contribution in [0.4, 0.5) is 0 Å². The van der Waals surface area contributed by atoms with Gasteiger partial charge in [-0.2, -0.15) is 0 Å². The van der Waals surface area contributed by atoms with Crippen LogP contribution < -0.4 is 5.32 Å². The van der Waals surface area contributed by atoms with Crippen molar-refractivity contribution in [3.8, 4) is 0 Å². The van der Waals surface area contributed by atoms with Gasteiger partial charge in [0.15, 0.2) is 0 Å². The highest BCUT2D eigenvalue weighted by molar-refractivity contribution is 5.92. The lowest BCUT2D eigenvalue weighted by molar-refractivity contribution is 0.0696. The molecular formula is C16H18N2O3. The van der Waals surface area contributed by atoms with Crippen LogP contribution in [0.3, 0.4) is 0 Å². The third-order valence-electron chi connectivity index (χ3n) is 3.15. The zero-order valence-electron chi connectivity index (χ0n) is 11.9. The predicted molar refractivity (Wildman–Crippen MR) is 79.3 cm³/mol. The third-order valence-corrected chi connectivity index (χ3v) is 3.15. The van der Waals surface area contributed by atoms with Gasteiger partial charge in [0.05, 0.1) is 5.56 Å². The second-order valence-corrected chi connectivity index (χ2v) is 4.78. The number of rotatable bonds is 6. The first-order valence-corrected chi connectivity index (χ1v) is 6.87. The van der Waals surface area contributed by atoms with Gasteiger partial charge >= 0.3 is 5.97 Å². The smallest absolute Gasteiger partial charge is 0.335 e. The molecule has 0 unspecified atom stereocenters. The second-order valence-electron chi connectivity index (χ2n) is 4.78. The van der Waals surface area contributed by atoms with Crippen molar-refractivity contribution in [2.75, 3.05) is 0 Å². The Morgan fingerprint density at radius 1 is 1.24 bits per heavy atom. The molecule has 21 heavy (non-hydrogen) atoms. The quantitative estimate of drug-likeness (QED) is 0.857. The largest absolute Gasteiger partial charge is 0.478 e. The van der Waals surface area contributed by atoms with Gasteiger partial charge in [0.1, 0.15) is 5.69 Å². The van der Waals surface area contributed by atoms with Gasteiger partial charge in [-0.15, -0.1) is 0 Å². The van der Waals surface area contributed by atoms with E-state index in [1.54, 1.807) is 24.3 Å². The molecule has 0 aliphatic rings. The first-order valence-electron chi connectivity index (χ1n) is 6.87. The summed E-state index contributed by atoms with van der Waals surface area (Å²) in [6, 6.07) is 10.2. The van der Waals surface area contributed by atoms with Gasteiger partial charge in [-0.1, -0.05) is 19.1 Å². The molecule has 1 aromatic heterocycles. The lowest BCUT2D eigenvalue weighted by Gasteiger charge is -2.09. The molecule has 1 amide bonds. The molecule has 0 bridgehead atoms. The minimum atomic E-state index is -0.972. The van der Waals surface area contributed by atoms with Crippen LogP contribution in [0.2, 0.25) is 0 Å². The predicted octanol–water partition coefficient (Wildman–Crippen LogP) is 2.53. The number of aryl methyl sites for hydroxylation is 1. The lowest BCUT2D eigenvalue weighted by atomic mass is 10.1. The minimum absolute atomic E-state index is 0.158. The molecule has 0 fully saturated rings. The Morgan fingerprint density at radius 3 is 2.76 bits per heavy atom. The number of aromatic nitrogens is 1. The fourth-order valence-corrected chi connectivity index (χ4v) is 2.14. The summed E-state index contributed by atoms with van der Waals surface area (Å²) in [5.41, 5.74) is 1.60. The van der Waals surface area contributed by atoms with Gasteiger partial charge in [0.25, 0.3) is 5.91 Å². The summed E-state index contributed by atoms with van der Waals surface area (Å²) in [5.74, 6) is -1.13. The highest BCUT2D eigenvalue weighted by Gasteiger charge is 2.10. The summed E-state index contributed by atoms with van der Waals surface area (Å²) in [5, 5.41) is 11.8. The zero-order chi connectivity index (χ0) is 15.2. The normalized spacial score (nSPS) is 10.3. The molecule has 2 rings (SSSR count). The van der Waals surface area contributed by atoms with Crippen molar-refractivity contribution < 1.29 is 14.7 Å². The Hall–Kier alpha value is -2.56. The number of carboxylic acid groups (broad SMARTS) is 1. The van der Waals surface area contributed by atoms with Crippen LogP contribution in [0.5, 0.6) is 0 Å². The second kappa shape index (κ2) is 6.74. The first-order chi connectivity index (χ1) is 10.1. The summed E-state index contributed by atoms with van der Waals surface area (Å²) in [6.45, 7) is 3.15. The maximum Gasteiger partial charge on any atom is 0.335 e. The number of hydrogen-bond donors (Lipinski definition) is 2. The fraction of sp³-hybridized carbons (Fsp3) is 0.250. The molecular weight excluding hydrogens is 268 g/mol. The van der Waals surface area contributed by atoms with Crippen LogP contribution in [0, 0.1) is 0 Å². The van der Waals surface area contributed by atoms with E-state index in [1.807, 2.05) is 16.8 Å². The number of amides is 1. The average molecular weight is 286 g/mol. The van der Waals surface area contributed by atoms with Gasteiger partial charge in [-0.3, -0.25) is 4.79 Å². The molecule has 2 aromatic rings. The van der Waals surface area contributed by atoms with Crippen molar-refractivity contribution in [3.63, 3.8) is 0 Å². The van der Waals surface area contributed by atoms with E-state index < -0.39 is 5.97 Å². The Morgan fingerprint density at radius 2 is 2.05 bits per heavy atom. The van der Waals surface area contributed by atoms with Crippen LogP contribution in [0.1, 0.15) is 39.8 Å². The number of carboxylic acids is 1. The van der Waals surface area contributed by atoms with Gasteiger partial charge in [0, 0.05) is 19.3 Å².